The lowest BCUT2D eigenvalue weighted by Crippen LogP contribution is -2.49. The first-order chi connectivity index (χ1) is 14.0. The molecule has 150 valence electrons. The van der Waals surface area contributed by atoms with E-state index < -0.39 is 0 Å². The summed E-state index contributed by atoms with van der Waals surface area (Å²) in [5, 5.41) is 5.05. The van der Waals surface area contributed by atoms with Crippen molar-refractivity contribution in [2.45, 2.75) is 18.5 Å². The van der Waals surface area contributed by atoms with Gasteiger partial charge in [-0.1, -0.05) is 41.9 Å². The fourth-order valence-electron chi connectivity index (χ4n) is 3.59. The molecule has 7 nitrogen and oxygen atoms in total. The van der Waals surface area contributed by atoms with E-state index in [4.69, 9.17) is 16.3 Å². The second kappa shape index (κ2) is 8.14. The maximum atomic E-state index is 12.9. The third-order valence-corrected chi connectivity index (χ3v) is 5.26. The number of carbonyl (C=O) groups is 2. The molecule has 0 radical (unpaired) electrons. The zero-order valence-corrected chi connectivity index (χ0v) is 16.6. The number of carbonyl (C=O) groups excluding carboxylic acids is 2. The number of hydrogen-bond donors (Lipinski definition) is 2. The standard InChI is InChI=1S/C21H21ClN4O3/c1-29-19-8-7-15(22)11-17(19)23-20(27)13-25-9-10-26-18(21(25)28)12-16(24-26)14-5-3-2-4-6-14/h2-11,16,18,24H,12-13H2,1H3,(H,23,27). The van der Waals surface area contributed by atoms with Crippen LogP contribution in [0, 0.1) is 0 Å². The van der Waals surface area contributed by atoms with Gasteiger partial charge in [0.2, 0.25) is 5.91 Å². The van der Waals surface area contributed by atoms with Gasteiger partial charge in [-0.25, -0.2) is 5.43 Å². The minimum absolute atomic E-state index is 0.0549. The predicted molar refractivity (Wildman–Crippen MR) is 110 cm³/mol. The van der Waals surface area contributed by atoms with E-state index >= 15 is 0 Å². The third-order valence-electron chi connectivity index (χ3n) is 5.03. The molecule has 2 unspecified atom stereocenters. The normalized spacial score (nSPS) is 20.6. The number of anilines is 1. The van der Waals surface area contributed by atoms with Crippen molar-refractivity contribution in [3.05, 3.63) is 71.5 Å². The summed E-state index contributed by atoms with van der Waals surface area (Å²) in [6, 6.07) is 14.7. The SMILES string of the molecule is COc1ccc(Cl)cc1NC(=O)CN1C=CN2NC(c3ccccc3)CC2C1=O. The Morgan fingerprint density at radius 2 is 2.03 bits per heavy atom. The second-order valence-electron chi connectivity index (χ2n) is 6.91. The first kappa shape index (κ1) is 19.3. The van der Waals surface area contributed by atoms with Crippen LogP contribution < -0.4 is 15.5 Å². The molecule has 0 aromatic heterocycles. The van der Waals surface area contributed by atoms with Crippen LogP contribution >= 0.6 is 11.6 Å². The van der Waals surface area contributed by atoms with Crippen LogP contribution in [0.25, 0.3) is 0 Å². The Morgan fingerprint density at radius 3 is 2.79 bits per heavy atom. The van der Waals surface area contributed by atoms with E-state index in [0.717, 1.165) is 5.56 Å². The number of hydrogen-bond acceptors (Lipinski definition) is 5. The molecule has 2 aliphatic rings. The van der Waals surface area contributed by atoms with Gasteiger partial charge in [-0.05, 0) is 30.2 Å². The molecule has 2 heterocycles. The van der Waals surface area contributed by atoms with Crippen molar-refractivity contribution < 1.29 is 14.3 Å². The third kappa shape index (κ3) is 4.06. The molecule has 0 aliphatic carbocycles. The minimum atomic E-state index is -0.348. The highest BCUT2D eigenvalue weighted by Crippen LogP contribution is 2.31. The molecule has 2 atom stereocenters. The number of hydrazine groups is 1. The Hall–Kier alpha value is -3.03. The quantitative estimate of drug-likeness (QED) is 0.789. The minimum Gasteiger partial charge on any atom is -0.495 e. The molecule has 2 N–H and O–H groups in total. The van der Waals surface area contributed by atoms with Gasteiger partial charge in [0.05, 0.1) is 18.8 Å². The van der Waals surface area contributed by atoms with E-state index in [1.165, 1.54) is 12.0 Å². The van der Waals surface area contributed by atoms with Gasteiger partial charge < -0.3 is 20.0 Å². The van der Waals surface area contributed by atoms with E-state index in [1.807, 2.05) is 35.3 Å². The van der Waals surface area contributed by atoms with Crippen LogP contribution in [0.1, 0.15) is 18.0 Å². The number of halogens is 1. The maximum absolute atomic E-state index is 12.9. The van der Waals surface area contributed by atoms with Gasteiger partial charge in [0.25, 0.3) is 5.91 Å². The summed E-state index contributed by atoms with van der Waals surface area (Å²) >= 11 is 6.00. The monoisotopic (exact) mass is 412 g/mol. The van der Waals surface area contributed by atoms with Crippen LogP contribution in [0.4, 0.5) is 5.69 Å². The predicted octanol–water partition coefficient (Wildman–Crippen LogP) is 2.92. The highest BCUT2D eigenvalue weighted by atomic mass is 35.5. The summed E-state index contributed by atoms with van der Waals surface area (Å²) in [6.45, 7) is -0.0919. The summed E-state index contributed by atoms with van der Waals surface area (Å²) in [6.07, 6.45) is 4.05. The number of rotatable bonds is 5. The largest absolute Gasteiger partial charge is 0.495 e. The molecule has 8 heteroatoms. The second-order valence-corrected chi connectivity index (χ2v) is 7.34. The molecule has 2 aromatic carbocycles. The lowest BCUT2D eigenvalue weighted by atomic mass is 10.0. The zero-order valence-electron chi connectivity index (χ0n) is 15.8. The molecule has 2 aliphatic heterocycles. The molecule has 2 aromatic rings. The van der Waals surface area contributed by atoms with Crippen molar-refractivity contribution in [3.8, 4) is 5.75 Å². The fourth-order valence-corrected chi connectivity index (χ4v) is 3.76. The molecule has 0 bridgehead atoms. The number of ether oxygens (including phenoxy) is 1. The maximum Gasteiger partial charge on any atom is 0.251 e. The van der Waals surface area contributed by atoms with Gasteiger partial charge in [0.1, 0.15) is 18.3 Å². The van der Waals surface area contributed by atoms with Crippen LogP contribution in [0.3, 0.4) is 0 Å². The average Bonchev–Trinajstić information content (AvgIpc) is 3.16. The van der Waals surface area contributed by atoms with Gasteiger partial charge in [-0.15, -0.1) is 0 Å². The van der Waals surface area contributed by atoms with Gasteiger partial charge in [-0.2, -0.15) is 0 Å². The van der Waals surface area contributed by atoms with E-state index in [0.29, 0.717) is 22.9 Å². The van der Waals surface area contributed by atoms with Crippen molar-refractivity contribution in [1.82, 2.24) is 15.3 Å². The Kier molecular flexibility index (Phi) is 5.42. The molecule has 1 fully saturated rings. The Morgan fingerprint density at radius 1 is 1.24 bits per heavy atom. The van der Waals surface area contributed by atoms with Crippen LogP contribution in [-0.4, -0.2) is 41.4 Å². The molecule has 0 spiro atoms. The number of amides is 2. The Balaban J connectivity index is 1.41. The van der Waals surface area contributed by atoms with Gasteiger partial charge in [-0.3, -0.25) is 9.59 Å². The van der Waals surface area contributed by atoms with Gasteiger partial charge in [0, 0.05) is 17.4 Å². The van der Waals surface area contributed by atoms with E-state index in [9.17, 15) is 9.59 Å². The number of fused-ring (bicyclic) bond motifs is 1. The zero-order chi connectivity index (χ0) is 20.4. The first-order valence-electron chi connectivity index (χ1n) is 9.27. The number of benzene rings is 2. The summed E-state index contributed by atoms with van der Waals surface area (Å²) < 4.78 is 5.24. The smallest absolute Gasteiger partial charge is 0.251 e. The highest BCUT2D eigenvalue weighted by molar-refractivity contribution is 6.31. The molecular weight excluding hydrogens is 392 g/mol. The van der Waals surface area contributed by atoms with Crippen molar-refractivity contribution in [3.63, 3.8) is 0 Å². The molecule has 29 heavy (non-hydrogen) atoms. The average molecular weight is 413 g/mol. The molecule has 4 rings (SSSR count). The van der Waals surface area contributed by atoms with Crippen LogP contribution in [0.15, 0.2) is 60.9 Å². The lowest BCUT2D eigenvalue weighted by molar-refractivity contribution is -0.137. The lowest BCUT2D eigenvalue weighted by Gasteiger charge is -2.31. The summed E-state index contributed by atoms with van der Waals surface area (Å²) in [4.78, 5) is 26.9. The van der Waals surface area contributed by atoms with Crippen molar-refractivity contribution in [2.75, 3.05) is 19.0 Å². The highest BCUT2D eigenvalue weighted by Gasteiger charge is 2.40. The van der Waals surface area contributed by atoms with Crippen LogP contribution in [0.5, 0.6) is 5.75 Å². The molecule has 0 saturated carbocycles. The molecular formula is C21H21ClN4O3. The summed E-state index contributed by atoms with van der Waals surface area (Å²) in [7, 11) is 1.51. The van der Waals surface area contributed by atoms with Gasteiger partial charge >= 0.3 is 0 Å². The molecule has 1 saturated heterocycles. The van der Waals surface area contributed by atoms with E-state index in [-0.39, 0.29) is 30.4 Å². The Labute approximate surface area is 173 Å². The Bertz CT molecular complexity index is 950. The topological polar surface area (TPSA) is 73.9 Å². The first-order valence-corrected chi connectivity index (χ1v) is 9.64. The van der Waals surface area contributed by atoms with Crippen LogP contribution in [-0.2, 0) is 9.59 Å². The van der Waals surface area contributed by atoms with E-state index in [2.05, 4.69) is 10.7 Å². The van der Waals surface area contributed by atoms with Crippen molar-refractivity contribution in [1.29, 1.82) is 0 Å². The van der Waals surface area contributed by atoms with E-state index in [1.54, 1.807) is 30.6 Å². The van der Waals surface area contributed by atoms with Crippen molar-refractivity contribution >= 4 is 29.1 Å². The summed E-state index contributed by atoms with van der Waals surface area (Å²) in [5.74, 6) is 0.0503. The number of nitrogens with one attached hydrogen (secondary N) is 2. The van der Waals surface area contributed by atoms with Crippen LogP contribution in [0.2, 0.25) is 5.02 Å². The number of nitrogens with zero attached hydrogens (tertiary/aromatic N) is 2. The fraction of sp³-hybridized carbons (Fsp3) is 0.238. The van der Waals surface area contributed by atoms with Gasteiger partial charge in [0.15, 0.2) is 0 Å². The van der Waals surface area contributed by atoms with Crippen molar-refractivity contribution in [2.24, 2.45) is 0 Å². The summed E-state index contributed by atoms with van der Waals surface area (Å²) in [5.41, 5.74) is 4.93. The number of methoxy groups -OCH3 is 1. The molecule has 2 amide bonds.